The number of carbonyl (C=O) groups is 1. The molecule has 2 heterocycles. The zero-order chi connectivity index (χ0) is 18.0. The number of rotatable bonds is 4. The smallest absolute Gasteiger partial charge is 0.236 e. The summed E-state index contributed by atoms with van der Waals surface area (Å²) in [6, 6.07) is 6.06. The summed E-state index contributed by atoms with van der Waals surface area (Å²) in [5.74, 6) is 0.484. The molecule has 130 valence electrons. The van der Waals surface area contributed by atoms with Crippen molar-refractivity contribution in [2.24, 2.45) is 10.4 Å². The largest absolute Gasteiger partial charge is 0.483 e. The van der Waals surface area contributed by atoms with E-state index >= 15 is 0 Å². The molecule has 1 aromatic rings. The molecule has 5 nitrogen and oxygen atoms in total. The Morgan fingerprint density at radius 3 is 2.96 bits per heavy atom. The molecule has 0 bridgehead atoms. The van der Waals surface area contributed by atoms with Gasteiger partial charge in [0.2, 0.25) is 5.88 Å². The molecular weight excluding hydrogens is 336 g/mol. The molecule has 1 atom stereocenters. The van der Waals surface area contributed by atoms with Gasteiger partial charge in [0.1, 0.15) is 17.4 Å². The van der Waals surface area contributed by atoms with E-state index in [2.05, 4.69) is 11.1 Å². The van der Waals surface area contributed by atoms with E-state index in [0.717, 1.165) is 4.88 Å². The van der Waals surface area contributed by atoms with Crippen molar-refractivity contribution in [1.29, 1.82) is 5.26 Å². The number of thiophene rings is 1. The van der Waals surface area contributed by atoms with Gasteiger partial charge in [-0.1, -0.05) is 19.9 Å². The highest BCUT2D eigenvalue weighted by Crippen LogP contribution is 2.49. The van der Waals surface area contributed by atoms with E-state index in [-0.39, 0.29) is 17.1 Å². The number of aliphatic imine (C=N–C) groups is 1. The van der Waals surface area contributed by atoms with Crippen molar-refractivity contribution < 1.29 is 14.3 Å². The van der Waals surface area contributed by atoms with Crippen LogP contribution in [0.2, 0.25) is 0 Å². The lowest BCUT2D eigenvalue weighted by Crippen LogP contribution is -2.32. The molecule has 0 fully saturated rings. The van der Waals surface area contributed by atoms with Gasteiger partial charge in [-0.3, -0.25) is 4.79 Å². The molecule has 0 spiro atoms. The Labute approximate surface area is 151 Å². The van der Waals surface area contributed by atoms with Gasteiger partial charge in [-0.15, -0.1) is 11.3 Å². The summed E-state index contributed by atoms with van der Waals surface area (Å²) >= 11 is 1.53. The lowest BCUT2D eigenvalue weighted by Gasteiger charge is -2.36. The van der Waals surface area contributed by atoms with E-state index < -0.39 is 5.92 Å². The maximum Gasteiger partial charge on any atom is 0.236 e. The predicted molar refractivity (Wildman–Crippen MR) is 96.0 cm³/mol. The molecular formula is C19H20N2O3S. The highest BCUT2D eigenvalue weighted by molar-refractivity contribution is 7.10. The van der Waals surface area contributed by atoms with Crippen molar-refractivity contribution in [2.75, 3.05) is 6.61 Å². The molecule has 0 N–H and O–H groups in total. The van der Waals surface area contributed by atoms with Crippen LogP contribution in [-0.4, -0.2) is 18.8 Å². The van der Waals surface area contributed by atoms with Crippen molar-refractivity contribution in [3.8, 4) is 6.07 Å². The summed E-state index contributed by atoms with van der Waals surface area (Å²) in [5, 5.41) is 11.7. The Balaban J connectivity index is 2.13. The molecule has 3 rings (SSSR count). The van der Waals surface area contributed by atoms with E-state index in [0.29, 0.717) is 36.4 Å². The van der Waals surface area contributed by atoms with Crippen LogP contribution in [-0.2, 0) is 14.3 Å². The fraction of sp³-hybridized carbons (Fsp3) is 0.421. The Kier molecular flexibility index (Phi) is 4.78. The van der Waals surface area contributed by atoms with Gasteiger partial charge in [0, 0.05) is 23.3 Å². The minimum atomic E-state index is -0.411. The van der Waals surface area contributed by atoms with Crippen molar-refractivity contribution in [1.82, 2.24) is 0 Å². The average molecular weight is 356 g/mol. The van der Waals surface area contributed by atoms with Gasteiger partial charge in [-0.05, 0) is 23.8 Å². The lowest BCUT2D eigenvalue weighted by atomic mass is 9.71. The number of hydrogen-bond acceptors (Lipinski definition) is 6. The number of Topliss-reactive ketones (excluding diaryl/α,β-unsaturated/α-hetero) is 1. The maximum absolute atomic E-state index is 12.8. The van der Waals surface area contributed by atoms with Crippen LogP contribution < -0.4 is 0 Å². The monoisotopic (exact) mass is 356 g/mol. The Morgan fingerprint density at radius 2 is 2.32 bits per heavy atom. The van der Waals surface area contributed by atoms with Crippen LogP contribution in [0.3, 0.4) is 0 Å². The summed E-state index contributed by atoms with van der Waals surface area (Å²) in [6.45, 7) is 6.42. The van der Waals surface area contributed by atoms with Crippen molar-refractivity contribution in [3.63, 3.8) is 0 Å². The molecule has 1 unspecified atom stereocenters. The van der Waals surface area contributed by atoms with Crippen LogP contribution in [0, 0.1) is 16.7 Å². The van der Waals surface area contributed by atoms with Crippen LogP contribution >= 0.6 is 11.3 Å². The number of ketones is 1. The topological polar surface area (TPSA) is 71.7 Å². The van der Waals surface area contributed by atoms with Crippen molar-refractivity contribution in [3.05, 3.63) is 45.2 Å². The van der Waals surface area contributed by atoms with Gasteiger partial charge in [0.05, 0.1) is 12.5 Å². The van der Waals surface area contributed by atoms with Gasteiger partial charge in [-0.25, -0.2) is 0 Å². The number of allylic oxidation sites excluding steroid dienone is 3. The van der Waals surface area contributed by atoms with E-state index in [1.165, 1.54) is 17.7 Å². The minimum absolute atomic E-state index is 0.0465. The Bertz CT molecular complexity index is 810. The fourth-order valence-corrected chi connectivity index (χ4v) is 4.08. The molecule has 25 heavy (non-hydrogen) atoms. The second kappa shape index (κ2) is 6.85. The number of hydrogen-bond donors (Lipinski definition) is 0. The van der Waals surface area contributed by atoms with Gasteiger partial charge >= 0.3 is 0 Å². The summed E-state index contributed by atoms with van der Waals surface area (Å²) < 4.78 is 11.1. The second-order valence-electron chi connectivity index (χ2n) is 6.85. The maximum atomic E-state index is 12.8. The van der Waals surface area contributed by atoms with Gasteiger partial charge in [-0.2, -0.15) is 10.3 Å². The third-order valence-corrected chi connectivity index (χ3v) is 5.20. The summed E-state index contributed by atoms with van der Waals surface area (Å²) in [6.07, 6.45) is 2.38. The first-order valence-electron chi connectivity index (χ1n) is 8.22. The Hall–Kier alpha value is -2.39. The summed E-state index contributed by atoms with van der Waals surface area (Å²) in [5.41, 5.74) is 0.785. The highest BCUT2D eigenvalue weighted by Gasteiger charge is 2.43. The predicted octanol–water partition coefficient (Wildman–Crippen LogP) is 4.31. The molecule has 1 aliphatic carbocycles. The van der Waals surface area contributed by atoms with Crippen LogP contribution in [0.5, 0.6) is 0 Å². The number of carbonyl (C=O) groups excluding carboxylic acids is 1. The SMILES string of the molecule is CCO/C=N/C1=C(C#N)C(c2cccs2)C2=C(CC(C)(C)CC2=O)O1. The molecule has 6 heteroatoms. The van der Waals surface area contributed by atoms with Crippen LogP contribution in [0.4, 0.5) is 0 Å². The standard InChI is InChI=1S/C19H20N2O3S/c1-4-23-11-21-18-12(10-20)16(15-6-5-7-25-15)17-13(22)8-19(2,3)9-14(17)24-18/h5-7,11,16H,4,8-9H2,1-3H3/b21-11+. The van der Waals surface area contributed by atoms with Gasteiger partial charge in [0.25, 0.3) is 0 Å². The van der Waals surface area contributed by atoms with Gasteiger partial charge in [0.15, 0.2) is 12.2 Å². The molecule has 1 aromatic heterocycles. The average Bonchev–Trinajstić information content (AvgIpc) is 3.06. The minimum Gasteiger partial charge on any atom is -0.483 e. The quantitative estimate of drug-likeness (QED) is 0.595. The van der Waals surface area contributed by atoms with Gasteiger partial charge < -0.3 is 9.47 Å². The summed E-state index contributed by atoms with van der Waals surface area (Å²) in [7, 11) is 0. The molecule has 0 amide bonds. The van der Waals surface area contributed by atoms with E-state index in [1.807, 2.05) is 38.3 Å². The molecule has 2 aliphatic rings. The molecule has 0 saturated heterocycles. The first kappa shape index (κ1) is 17.4. The van der Waals surface area contributed by atoms with E-state index in [1.54, 1.807) is 0 Å². The molecule has 0 radical (unpaired) electrons. The third-order valence-electron chi connectivity index (χ3n) is 4.27. The van der Waals surface area contributed by atoms with Crippen LogP contribution in [0.1, 0.15) is 44.4 Å². The fourth-order valence-electron chi connectivity index (χ4n) is 3.24. The Morgan fingerprint density at radius 1 is 1.52 bits per heavy atom. The number of ether oxygens (including phenoxy) is 2. The van der Waals surface area contributed by atoms with Crippen LogP contribution in [0.15, 0.2) is 45.3 Å². The molecule has 1 aliphatic heterocycles. The van der Waals surface area contributed by atoms with Crippen LogP contribution in [0.25, 0.3) is 0 Å². The number of nitrogens with zero attached hydrogens (tertiary/aromatic N) is 2. The molecule has 0 saturated carbocycles. The normalized spacial score (nSPS) is 22.6. The highest BCUT2D eigenvalue weighted by atomic mass is 32.1. The number of nitriles is 1. The summed E-state index contributed by atoms with van der Waals surface area (Å²) in [4.78, 5) is 18.0. The van der Waals surface area contributed by atoms with Crippen molar-refractivity contribution >= 4 is 23.5 Å². The second-order valence-corrected chi connectivity index (χ2v) is 7.83. The zero-order valence-corrected chi connectivity index (χ0v) is 15.4. The third kappa shape index (κ3) is 3.38. The first-order valence-corrected chi connectivity index (χ1v) is 9.10. The zero-order valence-electron chi connectivity index (χ0n) is 14.5. The van der Waals surface area contributed by atoms with E-state index in [4.69, 9.17) is 9.47 Å². The molecule has 0 aromatic carbocycles. The van der Waals surface area contributed by atoms with Crippen molar-refractivity contribution in [2.45, 2.75) is 39.5 Å². The first-order chi connectivity index (χ1) is 12.0. The van der Waals surface area contributed by atoms with E-state index in [9.17, 15) is 10.1 Å². The lowest BCUT2D eigenvalue weighted by molar-refractivity contribution is -0.119.